The maximum Gasteiger partial charge on any atom is 0.228 e. The third kappa shape index (κ3) is 2.45. The van der Waals surface area contributed by atoms with Crippen LogP contribution in [0.4, 0.5) is 0 Å². The topological polar surface area (TPSA) is 31.2 Å². The van der Waals surface area contributed by atoms with Crippen LogP contribution in [0.25, 0.3) is 10.9 Å². The van der Waals surface area contributed by atoms with E-state index in [0.717, 1.165) is 36.9 Å². The van der Waals surface area contributed by atoms with Crippen molar-refractivity contribution in [2.75, 3.05) is 7.11 Å². The summed E-state index contributed by atoms with van der Waals surface area (Å²) in [6, 6.07) is 6.02. The predicted octanol–water partition coefficient (Wildman–Crippen LogP) is 4.22. The van der Waals surface area contributed by atoms with Gasteiger partial charge in [-0.05, 0) is 30.5 Å². The molecule has 0 saturated heterocycles. The summed E-state index contributed by atoms with van der Waals surface area (Å²) < 4.78 is 7.17. The lowest BCUT2D eigenvalue weighted by Gasteiger charge is -2.08. The molecule has 0 radical (unpaired) electrons. The predicted molar refractivity (Wildman–Crippen MR) is 82.8 cm³/mol. The fourth-order valence-electron chi connectivity index (χ4n) is 2.90. The van der Waals surface area contributed by atoms with Gasteiger partial charge >= 0.3 is 0 Å². The summed E-state index contributed by atoms with van der Waals surface area (Å²) in [5.41, 5.74) is 3.47. The molecule has 1 aromatic heterocycles. The van der Waals surface area contributed by atoms with Crippen molar-refractivity contribution >= 4 is 16.8 Å². The smallest absolute Gasteiger partial charge is 0.228 e. The van der Waals surface area contributed by atoms with Gasteiger partial charge in [0, 0.05) is 24.1 Å². The van der Waals surface area contributed by atoms with Gasteiger partial charge in [0.1, 0.15) is 5.75 Å². The normalized spacial score (nSPS) is 11.0. The average molecular weight is 273 g/mol. The Balaban J connectivity index is 2.78. The zero-order valence-corrected chi connectivity index (χ0v) is 12.8. The van der Waals surface area contributed by atoms with Gasteiger partial charge in [-0.3, -0.25) is 9.36 Å². The summed E-state index contributed by atoms with van der Waals surface area (Å²) in [5.74, 6) is 0.873. The first-order valence-corrected chi connectivity index (χ1v) is 7.35. The summed E-state index contributed by atoms with van der Waals surface area (Å²) in [6.07, 6.45) is 4.07. The van der Waals surface area contributed by atoms with Crippen LogP contribution < -0.4 is 4.74 Å². The first-order chi connectivity index (χ1) is 9.63. The van der Waals surface area contributed by atoms with E-state index < -0.39 is 0 Å². The molecule has 0 aliphatic carbocycles. The molecule has 1 aromatic carbocycles. The van der Waals surface area contributed by atoms with E-state index in [0.29, 0.717) is 0 Å². The third-order valence-corrected chi connectivity index (χ3v) is 3.69. The first-order valence-electron chi connectivity index (χ1n) is 7.35. The Kier molecular flexibility index (Phi) is 4.48. The number of benzene rings is 1. The second-order valence-electron chi connectivity index (χ2n) is 5.16. The van der Waals surface area contributed by atoms with Crippen LogP contribution in [0.1, 0.15) is 49.7 Å². The van der Waals surface area contributed by atoms with Crippen LogP contribution in [0.15, 0.2) is 18.2 Å². The lowest BCUT2D eigenvalue weighted by molar-refractivity contribution is 0.0938. The van der Waals surface area contributed by atoms with Gasteiger partial charge in [-0.1, -0.05) is 26.7 Å². The Bertz CT molecular complexity index is 625. The van der Waals surface area contributed by atoms with E-state index in [9.17, 15) is 4.79 Å². The number of hydrogen-bond donors (Lipinski definition) is 0. The molecule has 0 aliphatic rings. The van der Waals surface area contributed by atoms with E-state index in [1.807, 2.05) is 16.7 Å². The van der Waals surface area contributed by atoms with Gasteiger partial charge in [0.2, 0.25) is 5.91 Å². The summed E-state index contributed by atoms with van der Waals surface area (Å²) in [6.45, 7) is 5.96. The molecule has 0 amide bonds. The highest BCUT2D eigenvalue weighted by molar-refractivity contribution is 5.96. The van der Waals surface area contributed by atoms with Crippen molar-refractivity contribution in [1.29, 1.82) is 0 Å². The van der Waals surface area contributed by atoms with Crippen LogP contribution in [0.5, 0.6) is 5.75 Å². The molecule has 3 nitrogen and oxygen atoms in total. The highest BCUT2D eigenvalue weighted by atomic mass is 16.5. The first kappa shape index (κ1) is 14.6. The zero-order chi connectivity index (χ0) is 14.7. The highest BCUT2D eigenvalue weighted by Crippen LogP contribution is 2.31. The van der Waals surface area contributed by atoms with Crippen molar-refractivity contribution < 1.29 is 9.53 Å². The van der Waals surface area contributed by atoms with Gasteiger partial charge in [0.15, 0.2) is 0 Å². The van der Waals surface area contributed by atoms with Crippen molar-refractivity contribution in [3.63, 3.8) is 0 Å². The fraction of sp³-hybridized carbons (Fsp3) is 0.471. The van der Waals surface area contributed by atoms with Crippen LogP contribution >= 0.6 is 0 Å². The third-order valence-electron chi connectivity index (χ3n) is 3.69. The standard InChI is InChI=1S/C17H23NO2/c1-5-7-14-15-10-9-13(20-4)11-17(15)18(12(3)19)16(14)8-6-2/h9-11H,5-8H2,1-4H3. The Labute approximate surface area is 120 Å². The number of aromatic nitrogens is 1. The maximum absolute atomic E-state index is 12.1. The summed E-state index contributed by atoms with van der Waals surface area (Å²) in [5, 5.41) is 1.19. The molecule has 3 heteroatoms. The van der Waals surface area contributed by atoms with Crippen LogP contribution in [0.3, 0.4) is 0 Å². The molecule has 2 rings (SSSR count). The summed E-state index contributed by atoms with van der Waals surface area (Å²) in [7, 11) is 1.65. The van der Waals surface area contributed by atoms with Crippen molar-refractivity contribution in [3.8, 4) is 5.75 Å². The largest absolute Gasteiger partial charge is 0.497 e. The minimum atomic E-state index is 0.0778. The second kappa shape index (κ2) is 6.12. The van der Waals surface area contributed by atoms with Crippen LogP contribution in [-0.4, -0.2) is 17.6 Å². The molecule has 2 aromatic rings. The molecular weight excluding hydrogens is 250 g/mol. The minimum absolute atomic E-state index is 0.0778. The monoisotopic (exact) mass is 273 g/mol. The van der Waals surface area contributed by atoms with Gasteiger partial charge in [-0.2, -0.15) is 0 Å². The Morgan fingerprint density at radius 2 is 1.90 bits per heavy atom. The average Bonchev–Trinajstić information content (AvgIpc) is 2.73. The van der Waals surface area contributed by atoms with E-state index in [1.54, 1.807) is 14.0 Å². The van der Waals surface area contributed by atoms with Crippen molar-refractivity contribution in [3.05, 3.63) is 29.5 Å². The Hall–Kier alpha value is -1.77. The number of nitrogens with zero attached hydrogens (tertiary/aromatic N) is 1. The minimum Gasteiger partial charge on any atom is -0.497 e. The van der Waals surface area contributed by atoms with E-state index in [4.69, 9.17) is 4.74 Å². The van der Waals surface area contributed by atoms with Gasteiger partial charge in [0.25, 0.3) is 0 Å². The molecule has 0 fully saturated rings. The Morgan fingerprint density at radius 3 is 2.45 bits per heavy atom. The summed E-state index contributed by atoms with van der Waals surface area (Å²) >= 11 is 0. The maximum atomic E-state index is 12.1. The SMILES string of the molecule is CCCc1c(CCC)n(C(C)=O)c2cc(OC)ccc12. The Morgan fingerprint density at radius 1 is 1.20 bits per heavy atom. The quantitative estimate of drug-likeness (QED) is 0.817. The van der Waals surface area contributed by atoms with Crippen LogP contribution in [-0.2, 0) is 12.8 Å². The van der Waals surface area contributed by atoms with Gasteiger partial charge in [-0.15, -0.1) is 0 Å². The molecule has 20 heavy (non-hydrogen) atoms. The zero-order valence-electron chi connectivity index (χ0n) is 12.8. The van der Waals surface area contributed by atoms with Gasteiger partial charge in [0.05, 0.1) is 12.6 Å². The van der Waals surface area contributed by atoms with E-state index in [-0.39, 0.29) is 5.91 Å². The van der Waals surface area contributed by atoms with Crippen LogP contribution in [0, 0.1) is 0 Å². The van der Waals surface area contributed by atoms with E-state index in [1.165, 1.54) is 16.6 Å². The van der Waals surface area contributed by atoms with Gasteiger partial charge < -0.3 is 4.74 Å². The lowest BCUT2D eigenvalue weighted by Crippen LogP contribution is -2.10. The van der Waals surface area contributed by atoms with E-state index in [2.05, 4.69) is 19.9 Å². The molecule has 1 heterocycles. The number of hydrogen-bond acceptors (Lipinski definition) is 2. The molecule has 0 atom stereocenters. The molecule has 0 N–H and O–H groups in total. The summed E-state index contributed by atoms with van der Waals surface area (Å²) in [4.78, 5) is 12.1. The number of fused-ring (bicyclic) bond motifs is 1. The van der Waals surface area contributed by atoms with Crippen molar-refractivity contribution in [2.45, 2.75) is 46.5 Å². The highest BCUT2D eigenvalue weighted by Gasteiger charge is 2.18. The fourth-order valence-corrected chi connectivity index (χ4v) is 2.90. The number of methoxy groups -OCH3 is 1. The van der Waals surface area contributed by atoms with Crippen LogP contribution in [0.2, 0.25) is 0 Å². The molecule has 108 valence electrons. The number of carbonyl (C=O) groups is 1. The molecule has 0 unspecified atom stereocenters. The number of rotatable bonds is 5. The number of ether oxygens (including phenoxy) is 1. The number of aryl methyl sites for hydroxylation is 1. The molecule has 0 aliphatic heterocycles. The molecule has 0 spiro atoms. The van der Waals surface area contributed by atoms with Crippen molar-refractivity contribution in [2.24, 2.45) is 0 Å². The van der Waals surface area contributed by atoms with Crippen molar-refractivity contribution in [1.82, 2.24) is 4.57 Å². The van der Waals surface area contributed by atoms with Gasteiger partial charge in [-0.25, -0.2) is 0 Å². The molecule has 0 bridgehead atoms. The molecular formula is C17H23NO2. The molecule has 0 saturated carbocycles. The second-order valence-corrected chi connectivity index (χ2v) is 5.16. The van der Waals surface area contributed by atoms with E-state index >= 15 is 0 Å². The number of carbonyl (C=O) groups excluding carboxylic acids is 1. The lowest BCUT2D eigenvalue weighted by atomic mass is 10.0.